The molecular weight excluding hydrogens is 412 g/mol. The monoisotopic (exact) mass is 420 g/mol. The fraction of sp³-hybridized carbons (Fsp3) is 0.0556. The molecule has 0 N–H and O–H groups in total. The van der Waals surface area contributed by atoms with Crippen LogP contribution >= 0.6 is 27.5 Å². The number of hydrogen-bond acceptors (Lipinski definition) is 5. The summed E-state index contributed by atoms with van der Waals surface area (Å²) in [6.07, 6.45) is 0. The fourth-order valence-electron chi connectivity index (χ4n) is 2.16. The molecule has 0 amide bonds. The number of ether oxygens (including phenoxy) is 1. The lowest BCUT2D eigenvalue weighted by Crippen LogP contribution is -2.20. The maximum absolute atomic E-state index is 12.1. The Balaban J connectivity index is 1.78. The molecule has 0 saturated carbocycles. The van der Waals surface area contributed by atoms with E-state index in [-0.39, 0.29) is 5.56 Å². The van der Waals surface area contributed by atoms with Crippen molar-refractivity contribution >= 4 is 50.3 Å². The first-order chi connectivity index (χ1) is 11.9. The summed E-state index contributed by atoms with van der Waals surface area (Å²) in [5.41, 5.74) is -0.387. The van der Waals surface area contributed by atoms with E-state index in [1.54, 1.807) is 30.3 Å². The van der Waals surface area contributed by atoms with Gasteiger partial charge in [-0.25, -0.2) is 9.59 Å². The predicted octanol–water partition coefficient (Wildman–Crippen LogP) is 4.25. The Morgan fingerprint density at radius 1 is 1.08 bits per heavy atom. The Bertz CT molecular complexity index is 1020. The van der Waals surface area contributed by atoms with Crippen LogP contribution in [0.3, 0.4) is 0 Å². The van der Waals surface area contributed by atoms with Gasteiger partial charge in [-0.1, -0.05) is 27.5 Å². The third-order valence-corrected chi connectivity index (χ3v) is 4.16. The summed E-state index contributed by atoms with van der Waals surface area (Å²) in [4.78, 5) is 36.1. The first-order valence-corrected chi connectivity index (χ1v) is 8.30. The molecule has 0 atom stereocenters. The van der Waals surface area contributed by atoms with Crippen LogP contribution in [0.15, 0.2) is 62.2 Å². The topological polar surface area (TPSA) is 73.6 Å². The summed E-state index contributed by atoms with van der Waals surface area (Å²) in [6.45, 7) is -0.490. The molecule has 0 bridgehead atoms. The van der Waals surface area contributed by atoms with Crippen molar-refractivity contribution < 1.29 is 18.7 Å². The molecule has 0 spiro atoms. The molecule has 0 saturated heterocycles. The predicted molar refractivity (Wildman–Crippen MR) is 96.2 cm³/mol. The maximum atomic E-state index is 12.1. The Kier molecular flexibility index (Phi) is 5.01. The summed E-state index contributed by atoms with van der Waals surface area (Å²) in [6, 6.07) is 12.6. The number of esters is 1. The van der Waals surface area contributed by atoms with E-state index in [2.05, 4.69) is 15.9 Å². The molecule has 0 aliphatic heterocycles. The zero-order valence-electron chi connectivity index (χ0n) is 12.6. The van der Waals surface area contributed by atoms with Gasteiger partial charge in [0.2, 0.25) is 0 Å². The summed E-state index contributed by atoms with van der Waals surface area (Å²) in [7, 11) is 0. The number of carbonyl (C=O) groups is 2. The largest absolute Gasteiger partial charge is 0.453 e. The number of hydrogen-bond donors (Lipinski definition) is 0. The van der Waals surface area contributed by atoms with Gasteiger partial charge in [0.05, 0.1) is 0 Å². The van der Waals surface area contributed by atoms with Crippen LogP contribution in [0.2, 0.25) is 5.02 Å². The van der Waals surface area contributed by atoms with Gasteiger partial charge in [0.25, 0.3) is 0 Å². The summed E-state index contributed by atoms with van der Waals surface area (Å²) in [5, 5.41) is 1.05. The standard InChI is InChI=1S/C18H10BrClO5/c19-12-3-6-16-11(7-12)8-14(18(23)25-16)17(22)24-9-15(21)10-1-4-13(20)5-2-10/h1-8H,9H2. The fourth-order valence-corrected chi connectivity index (χ4v) is 2.67. The minimum Gasteiger partial charge on any atom is -0.453 e. The Morgan fingerprint density at radius 3 is 2.52 bits per heavy atom. The van der Waals surface area contributed by atoms with Gasteiger partial charge in [0, 0.05) is 20.4 Å². The Hall–Kier alpha value is -2.44. The lowest BCUT2D eigenvalue weighted by molar-refractivity contribution is 0.0471. The first-order valence-electron chi connectivity index (χ1n) is 7.13. The van der Waals surface area contributed by atoms with E-state index >= 15 is 0 Å². The number of fused-ring (bicyclic) bond motifs is 1. The molecule has 2 aromatic carbocycles. The van der Waals surface area contributed by atoms with Crippen LogP contribution in [-0.2, 0) is 4.74 Å². The van der Waals surface area contributed by atoms with Gasteiger partial charge < -0.3 is 9.15 Å². The normalized spacial score (nSPS) is 10.6. The van der Waals surface area contributed by atoms with Crippen LogP contribution in [0.25, 0.3) is 11.0 Å². The van der Waals surface area contributed by atoms with Crippen molar-refractivity contribution in [3.63, 3.8) is 0 Å². The van der Waals surface area contributed by atoms with Gasteiger partial charge in [0.15, 0.2) is 12.4 Å². The van der Waals surface area contributed by atoms with E-state index in [1.165, 1.54) is 18.2 Å². The van der Waals surface area contributed by atoms with Gasteiger partial charge in [-0.15, -0.1) is 0 Å². The van der Waals surface area contributed by atoms with Crippen molar-refractivity contribution in [1.82, 2.24) is 0 Å². The average molecular weight is 422 g/mol. The van der Waals surface area contributed by atoms with Crippen molar-refractivity contribution in [3.05, 3.63) is 79.6 Å². The SMILES string of the molecule is O=C(COC(=O)c1cc2cc(Br)ccc2oc1=O)c1ccc(Cl)cc1. The first kappa shape index (κ1) is 17.4. The van der Waals surface area contributed by atoms with Crippen LogP contribution < -0.4 is 5.63 Å². The van der Waals surface area contributed by atoms with Crippen molar-refractivity contribution in [3.8, 4) is 0 Å². The van der Waals surface area contributed by atoms with Gasteiger partial charge >= 0.3 is 11.6 Å². The second kappa shape index (κ2) is 7.21. The van der Waals surface area contributed by atoms with Crippen molar-refractivity contribution in [1.29, 1.82) is 0 Å². The zero-order chi connectivity index (χ0) is 18.0. The molecule has 0 fully saturated rings. The highest BCUT2D eigenvalue weighted by molar-refractivity contribution is 9.10. The second-order valence-electron chi connectivity index (χ2n) is 5.14. The molecule has 0 aliphatic carbocycles. The van der Waals surface area contributed by atoms with Gasteiger partial charge in [-0.2, -0.15) is 0 Å². The van der Waals surface area contributed by atoms with Gasteiger partial charge in [0.1, 0.15) is 11.1 Å². The lowest BCUT2D eigenvalue weighted by Gasteiger charge is -2.05. The molecule has 3 aromatic rings. The molecule has 1 heterocycles. The van der Waals surface area contributed by atoms with Crippen molar-refractivity contribution in [2.75, 3.05) is 6.61 Å². The molecule has 0 radical (unpaired) electrons. The number of halogens is 2. The van der Waals surface area contributed by atoms with E-state index in [0.717, 1.165) is 4.47 Å². The molecule has 3 rings (SSSR count). The van der Waals surface area contributed by atoms with E-state index in [0.29, 0.717) is 21.6 Å². The molecular formula is C18H10BrClO5. The van der Waals surface area contributed by atoms with Gasteiger partial charge in [-0.3, -0.25) is 4.79 Å². The van der Waals surface area contributed by atoms with E-state index in [1.807, 2.05) is 0 Å². The minimum atomic E-state index is -0.919. The van der Waals surface area contributed by atoms with Gasteiger partial charge in [-0.05, 0) is 48.5 Å². The quantitative estimate of drug-likeness (QED) is 0.358. The molecule has 25 heavy (non-hydrogen) atoms. The van der Waals surface area contributed by atoms with Crippen LogP contribution in [0.4, 0.5) is 0 Å². The molecule has 0 unspecified atom stereocenters. The Morgan fingerprint density at radius 2 is 1.80 bits per heavy atom. The molecule has 7 heteroatoms. The van der Waals surface area contributed by atoms with E-state index in [9.17, 15) is 14.4 Å². The van der Waals surface area contributed by atoms with Crippen molar-refractivity contribution in [2.45, 2.75) is 0 Å². The van der Waals surface area contributed by atoms with Crippen LogP contribution in [-0.4, -0.2) is 18.4 Å². The second-order valence-corrected chi connectivity index (χ2v) is 6.49. The third kappa shape index (κ3) is 3.97. The maximum Gasteiger partial charge on any atom is 0.351 e. The van der Waals surface area contributed by atoms with Crippen molar-refractivity contribution in [2.24, 2.45) is 0 Å². The summed E-state index contributed by atoms with van der Waals surface area (Å²) < 4.78 is 10.8. The molecule has 5 nitrogen and oxygen atoms in total. The zero-order valence-corrected chi connectivity index (χ0v) is 15.0. The summed E-state index contributed by atoms with van der Waals surface area (Å²) in [5.74, 6) is -1.32. The highest BCUT2D eigenvalue weighted by atomic mass is 79.9. The number of benzene rings is 2. The highest BCUT2D eigenvalue weighted by Crippen LogP contribution is 2.19. The molecule has 1 aromatic heterocycles. The van der Waals surface area contributed by atoms with Crippen LogP contribution in [0.5, 0.6) is 0 Å². The third-order valence-electron chi connectivity index (χ3n) is 3.41. The van der Waals surface area contributed by atoms with E-state index < -0.39 is 24.0 Å². The molecule has 126 valence electrons. The Labute approximate surface area is 155 Å². The van der Waals surface area contributed by atoms with Crippen LogP contribution in [0.1, 0.15) is 20.7 Å². The average Bonchev–Trinajstić information content (AvgIpc) is 2.59. The summed E-state index contributed by atoms with van der Waals surface area (Å²) >= 11 is 9.06. The molecule has 0 aliphatic rings. The minimum absolute atomic E-state index is 0.269. The number of rotatable bonds is 4. The number of Topliss-reactive ketones (excluding diaryl/α,β-unsaturated/α-hetero) is 1. The van der Waals surface area contributed by atoms with E-state index in [4.69, 9.17) is 20.8 Å². The highest BCUT2D eigenvalue weighted by Gasteiger charge is 2.17. The van der Waals surface area contributed by atoms with Crippen LogP contribution in [0, 0.1) is 0 Å². The smallest absolute Gasteiger partial charge is 0.351 e. The number of carbonyl (C=O) groups excluding carboxylic acids is 2. The number of ketones is 1. The lowest BCUT2D eigenvalue weighted by atomic mass is 10.1.